The molecule has 0 radical (unpaired) electrons. The summed E-state index contributed by atoms with van der Waals surface area (Å²) in [6.45, 7) is 5.97. The van der Waals surface area contributed by atoms with Gasteiger partial charge in [-0.25, -0.2) is 0 Å². The molecule has 118 valence electrons. The molecule has 0 saturated heterocycles. The van der Waals surface area contributed by atoms with Crippen molar-refractivity contribution in [1.82, 2.24) is 5.32 Å². The van der Waals surface area contributed by atoms with Crippen molar-refractivity contribution >= 4 is 15.9 Å². The third-order valence-electron chi connectivity index (χ3n) is 4.85. The van der Waals surface area contributed by atoms with Crippen molar-refractivity contribution in [2.75, 3.05) is 20.7 Å². The van der Waals surface area contributed by atoms with Gasteiger partial charge in [0, 0.05) is 0 Å². The highest BCUT2D eigenvalue weighted by Gasteiger charge is 2.34. The van der Waals surface area contributed by atoms with E-state index < -0.39 is 0 Å². The van der Waals surface area contributed by atoms with E-state index in [-0.39, 0.29) is 0 Å². The van der Waals surface area contributed by atoms with Crippen LogP contribution < -0.4 is 10.1 Å². The zero-order valence-corrected chi connectivity index (χ0v) is 15.3. The Morgan fingerprint density at radius 2 is 2.10 bits per heavy atom. The predicted octanol–water partition coefficient (Wildman–Crippen LogP) is 4.66. The normalized spacial score (nSPS) is 24.8. The fourth-order valence-corrected chi connectivity index (χ4v) is 4.29. The number of ether oxygens (including phenoxy) is 1. The van der Waals surface area contributed by atoms with Crippen LogP contribution in [-0.2, 0) is 6.42 Å². The first-order valence-electron chi connectivity index (χ1n) is 7.92. The molecule has 1 saturated carbocycles. The average Bonchev–Trinajstić information content (AvgIpc) is 2.42. The van der Waals surface area contributed by atoms with E-state index >= 15 is 0 Å². The van der Waals surface area contributed by atoms with Crippen LogP contribution in [0.2, 0.25) is 0 Å². The minimum absolute atomic E-state index is 0.485. The average molecular weight is 354 g/mol. The predicted molar refractivity (Wildman–Crippen MR) is 92.9 cm³/mol. The lowest BCUT2D eigenvalue weighted by Gasteiger charge is -2.41. The summed E-state index contributed by atoms with van der Waals surface area (Å²) in [5, 5.41) is 3.38. The first-order valence-corrected chi connectivity index (χ1v) is 8.71. The summed E-state index contributed by atoms with van der Waals surface area (Å²) in [5.74, 6) is 2.47. The summed E-state index contributed by atoms with van der Waals surface area (Å²) in [6.07, 6.45) is 5.18. The van der Waals surface area contributed by atoms with E-state index in [1.165, 1.54) is 31.2 Å². The summed E-state index contributed by atoms with van der Waals surface area (Å²) in [6, 6.07) is 6.50. The molecule has 3 heteroatoms. The number of hydrogen-bond acceptors (Lipinski definition) is 2. The maximum atomic E-state index is 5.33. The van der Waals surface area contributed by atoms with Crippen LogP contribution in [0.25, 0.3) is 0 Å². The molecule has 1 aliphatic carbocycles. The molecule has 0 aromatic heterocycles. The molecular formula is C18H28BrNO. The standard InChI is InChI=1S/C18H28BrNO/c1-18(2)8-7-14(12-20-3)15(11-18)9-13-5-6-17(21-4)16(19)10-13/h5-6,10,14-15,20H,7-9,11-12H2,1-4H3. The van der Waals surface area contributed by atoms with Crippen LogP contribution in [-0.4, -0.2) is 20.7 Å². The zero-order chi connectivity index (χ0) is 15.5. The highest BCUT2D eigenvalue weighted by molar-refractivity contribution is 9.10. The van der Waals surface area contributed by atoms with E-state index in [1.54, 1.807) is 7.11 Å². The van der Waals surface area contributed by atoms with Gasteiger partial charge in [0.2, 0.25) is 0 Å². The second-order valence-electron chi connectivity index (χ2n) is 7.16. The fourth-order valence-electron chi connectivity index (χ4n) is 3.70. The molecule has 2 unspecified atom stereocenters. The zero-order valence-electron chi connectivity index (χ0n) is 13.7. The van der Waals surface area contributed by atoms with Gasteiger partial charge in [-0.1, -0.05) is 19.9 Å². The van der Waals surface area contributed by atoms with Gasteiger partial charge in [0.05, 0.1) is 11.6 Å². The van der Waals surface area contributed by atoms with E-state index in [2.05, 4.69) is 60.3 Å². The Morgan fingerprint density at radius 1 is 1.33 bits per heavy atom. The van der Waals surface area contributed by atoms with Gasteiger partial charge in [0.1, 0.15) is 5.75 Å². The molecule has 0 amide bonds. The largest absolute Gasteiger partial charge is 0.496 e. The molecule has 2 atom stereocenters. The van der Waals surface area contributed by atoms with Gasteiger partial charge in [-0.15, -0.1) is 0 Å². The molecule has 0 heterocycles. The maximum Gasteiger partial charge on any atom is 0.133 e. The first-order chi connectivity index (χ1) is 9.95. The Kier molecular flexibility index (Phi) is 5.73. The number of hydrogen-bond donors (Lipinski definition) is 1. The lowest BCUT2D eigenvalue weighted by Crippen LogP contribution is -2.36. The van der Waals surface area contributed by atoms with E-state index in [4.69, 9.17) is 4.74 Å². The second-order valence-corrected chi connectivity index (χ2v) is 8.01. The van der Waals surface area contributed by atoms with Crippen molar-refractivity contribution < 1.29 is 4.74 Å². The Bertz CT molecular complexity index is 472. The first kappa shape index (κ1) is 16.8. The van der Waals surface area contributed by atoms with Crippen LogP contribution >= 0.6 is 15.9 Å². The summed E-state index contributed by atoms with van der Waals surface area (Å²) in [5.41, 5.74) is 1.89. The number of methoxy groups -OCH3 is 1. The number of benzene rings is 1. The maximum absolute atomic E-state index is 5.33. The van der Waals surface area contributed by atoms with Gasteiger partial charge in [-0.05, 0) is 90.2 Å². The third-order valence-corrected chi connectivity index (χ3v) is 5.47. The highest BCUT2D eigenvalue weighted by atomic mass is 79.9. The van der Waals surface area contributed by atoms with Crippen molar-refractivity contribution in [3.8, 4) is 5.75 Å². The van der Waals surface area contributed by atoms with E-state index in [0.29, 0.717) is 5.41 Å². The highest BCUT2D eigenvalue weighted by Crippen LogP contribution is 2.43. The molecule has 2 rings (SSSR count). The molecule has 0 bridgehead atoms. The van der Waals surface area contributed by atoms with Crippen molar-refractivity contribution in [2.45, 2.75) is 39.5 Å². The number of rotatable bonds is 5. The Balaban J connectivity index is 2.12. The molecule has 1 N–H and O–H groups in total. The van der Waals surface area contributed by atoms with E-state index in [9.17, 15) is 0 Å². The number of halogens is 1. The molecule has 1 aromatic rings. The SMILES string of the molecule is CNCC1CCC(C)(C)CC1Cc1ccc(OC)c(Br)c1. The van der Waals surface area contributed by atoms with Gasteiger partial charge in [0.25, 0.3) is 0 Å². The van der Waals surface area contributed by atoms with Gasteiger partial charge in [0.15, 0.2) is 0 Å². The van der Waals surface area contributed by atoms with Gasteiger partial charge >= 0.3 is 0 Å². The Labute approximate surface area is 137 Å². The van der Waals surface area contributed by atoms with Crippen molar-refractivity contribution in [1.29, 1.82) is 0 Å². The summed E-state index contributed by atoms with van der Waals surface area (Å²) in [7, 11) is 3.78. The second kappa shape index (κ2) is 7.15. The molecule has 1 aliphatic rings. The summed E-state index contributed by atoms with van der Waals surface area (Å²) < 4.78 is 6.38. The van der Waals surface area contributed by atoms with E-state index in [0.717, 1.165) is 28.6 Å². The molecule has 1 aromatic carbocycles. The molecule has 1 fully saturated rings. The molecule has 0 aliphatic heterocycles. The quantitative estimate of drug-likeness (QED) is 0.830. The van der Waals surface area contributed by atoms with Crippen LogP contribution in [0, 0.1) is 17.3 Å². The molecular weight excluding hydrogens is 326 g/mol. The van der Waals surface area contributed by atoms with Gasteiger partial charge in [-0.2, -0.15) is 0 Å². The van der Waals surface area contributed by atoms with Crippen LogP contribution in [0.15, 0.2) is 22.7 Å². The topological polar surface area (TPSA) is 21.3 Å². The van der Waals surface area contributed by atoms with Crippen molar-refractivity contribution in [3.05, 3.63) is 28.2 Å². The smallest absolute Gasteiger partial charge is 0.133 e. The van der Waals surface area contributed by atoms with Crippen LogP contribution in [0.4, 0.5) is 0 Å². The lowest BCUT2D eigenvalue weighted by atomic mass is 9.65. The van der Waals surface area contributed by atoms with Crippen molar-refractivity contribution in [3.63, 3.8) is 0 Å². The number of nitrogens with one attached hydrogen (secondary N) is 1. The van der Waals surface area contributed by atoms with Crippen LogP contribution in [0.5, 0.6) is 5.75 Å². The van der Waals surface area contributed by atoms with Gasteiger partial charge in [-0.3, -0.25) is 0 Å². The monoisotopic (exact) mass is 353 g/mol. The summed E-state index contributed by atoms with van der Waals surface area (Å²) >= 11 is 3.60. The molecule has 0 spiro atoms. The lowest BCUT2D eigenvalue weighted by molar-refractivity contribution is 0.117. The minimum Gasteiger partial charge on any atom is -0.496 e. The Hall–Kier alpha value is -0.540. The molecule has 21 heavy (non-hydrogen) atoms. The van der Waals surface area contributed by atoms with Crippen LogP contribution in [0.3, 0.4) is 0 Å². The van der Waals surface area contributed by atoms with E-state index in [1.807, 2.05) is 0 Å². The van der Waals surface area contributed by atoms with Gasteiger partial charge < -0.3 is 10.1 Å². The summed E-state index contributed by atoms with van der Waals surface area (Å²) in [4.78, 5) is 0. The Morgan fingerprint density at radius 3 is 2.71 bits per heavy atom. The minimum atomic E-state index is 0.485. The third kappa shape index (κ3) is 4.46. The van der Waals surface area contributed by atoms with Crippen molar-refractivity contribution in [2.24, 2.45) is 17.3 Å². The van der Waals surface area contributed by atoms with Crippen LogP contribution in [0.1, 0.15) is 38.7 Å². The molecule has 2 nitrogen and oxygen atoms in total. The fraction of sp³-hybridized carbons (Fsp3) is 0.667.